The number of allylic oxidation sites excluding steroid dienone is 1. The third-order valence-corrected chi connectivity index (χ3v) is 3.93. The van der Waals surface area contributed by atoms with E-state index >= 15 is 0 Å². The zero-order valence-corrected chi connectivity index (χ0v) is 12.9. The first kappa shape index (κ1) is 15.0. The molecule has 1 aliphatic rings. The molecule has 2 N–H and O–H groups in total. The fourth-order valence-corrected chi connectivity index (χ4v) is 2.81. The molecule has 1 aromatic heterocycles. The Bertz CT molecular complexity index is 778. The van der Waals surface area contributed by atoms with Crippen molar-refractivity contribution in [1.82, 2.24) is 10.2 Å². The van der Waals surface area contributed by atoms with Crippen LogP contribution in [0.15, 0.2) is 35.9 Å². The molecule has 3 rings (SSSR count). The van der Waals surface area contributed by atoms with Gasteiger partial charge in [0, 0.05) is 17.9 Å². The third-order valence-electron chi connectivity index (χ3n) is 3.93. The number of anilines is 1. The van der Waals surface area contributed by atoms with Gasteiger partial charge in [0.25, 0.3) is 0 Å². The Morgan fingerprint density at radius 3 is 2.78 bits per heavy atom. The number of amides is 1. The Morgan fingerprint density at radius 1 is 1.35 bits per heavy atom. The molecule has 0 spiro atoms. The second-order valence-electron chi connectivity index (χ2n) is 5.46. The zero-order valence-electron chi connectivity index (χ0n) is 12.9. The van der Waals surface area contributed by atoms with Gasteiger partial charge in [-0.25, -0.2) is 4.79 Å². The van der Waals surface area contributed by atoms with Crippen LogP contribution in [-0.2, 0) is 9.53 Å². The highest BCUT2D eigenvalue weighted by Gasteiger charge is 2.33. The number of nitrogens with one attached hydrogen (secondary N) is 2. The van der Waals surface area contributed by atoms with E-state index < -0.39 is 5.97 Å². The number of aromatic amines is 1. The number of esters is 1. The summed E-state index contributed by atoms with van der Waals surface area (Å²) in [5.41, 5.74) is 2.99. The smallest absolute Gasteiger partial charge is 0.356 e. The number of aromatic nitrogens is 2. The second kappa shape index (κ2) is 6.08. The maximum atomic E-state index is 11.9. The summed E-state index contributed by atoms with van der Waals surface area (Å²) in [5, 5.41) is 9.39. The molecule has 6 heteroatoms. The minimum Gasteiger partial charge on any atom is -0.464 e. The minimum absolute atomic E-state index is 0.119. The highest BCUT2D eigenvalue weighted by atomic mass is 16.5. The quantitative estimate of drug-likeness (QED) is 0.854. The summed E-state index contributed by atoms with van der Waals surface area (Å²) < 4.78 is 4.79. The van der Waals surface area contributed by atoms with Crippen molar-refractivity contribution >= 4 is 23.8 Å². The topological polar surface area (TPSA) is 84.1 Å². The lowest BCUT2D eigenvalue weighted by Gasteiger charge is -2.23. The molecule has 1 aliphatic heterocycles. The number of fused-ring (bicyclic) bond motifs is 1. The Balaban J connectivity index is 2.04. The summed E-state index contributed by atoms with van der Waals surface area (Å²) in [6, 6.07) is 9.84. The van der Waals surface area contributed by atoms with Gasteiger partial charge >= 0.3 is 5.97 Å². The van der Waals surface area contributed by atoms with Crippen molar-refractivity contribution < 1.29 is 14.3 Å². The van der Waals surface area contributed by atoms with Crippen molar-refractivity contribution in [2.45, 2.75) is 19.3 Å². The van der Waals surface area contributed by atoms with E-state index in [0.29, 0.717) is 11.4 Å². The number of nitrogens with zero attached hydrogens (tertiary/aromatic N) is 1. The van der Waals surface area contributed by atoms with Gasteiger partial charge in [0.15, 0.2) is 5.82 Å². The monoisotopic (exact) mass is 311 g/mol. The van der Waals surface area contributed by atoms with Crippen LogP contribution in [0.2, 0.25) is 0 Å². The number of carbonyl (C=O) groups is 2. The predicted octanol–water partition coefficient (Wildman–Crippen LogP) is 2.73. The summed E-state index contributed by atoms with van der Waals surface area (Å²) in [6.07, 6.45) is 2.28. The summed E-state index contributed by atoms with van der Waals surface area (Å²) >= 11 is 0. The number of hydrogen-bond donors (Lipinski definition) is 2. The van der Waals surface area contributed by atoms with Gasteiger partial charge in [-0.3, -0.25) is 9.89 Å². The minimum atomic E-state index is -0.493. The lowest BCUT2D eigenvalue weighted by molar-refractivity contribution is -0.116. The van der Waals surface area contributed by atoms with Crippen LogP contribution in [0, 0.1) is 0 Å². The number of hydrogen-bond acceptors (Lipinski definition) is 4. The molecule has 6 nitrogen and oxygen atoms in total. The van der Waals surface area contributed by atoms with E-state index in [9.17, 15) is 9.59 Å². The van der Waals surface area contributed by atoms with Gasteiger partial charge in [-0.2, -0.15) is 5.10 Å². The van der Waals surface area contributed by atoms with Crippen LogP contribution in [0.1, 0.15) is 40.9 Å². The third kappa shape index (κ3) is 2.88. The Hall–Kier alpha value is -2.89. The first-order valence-electron chi connectivity index (χ1n) is 7.30. The van der Waals surface area contributed by atoms with Gasteiger partial charge in [0.05, 0.1) is 7.11 Å². The van der Waals surface area contributed by atoms with Crippen LogP contribution in [0.5, 0.6) is 0 Å². The van der Waals surface area contributed by atoms with Crippen molar-refractivity contribution in [3.8, 4) is 0 Å². The molecule has 1 amide bonds. The molecule has 0 aliphatic carbocycles. The highest BCUT2D eigenvalue weighted by Crippen LogP contribution is 2.38. The van der Waals surface area contributed by atoms with Crippen molar-refractivity contribution in [2.75, 3.05) is 12.4 Å². The van der Waals surface area contributed by atoms with Gasteiger partial charge < -0.3 is 10.1 Å². The van der Waals surface area contributed by atoms with Crippen LogP contribution in [0.3, 0.4) is 0 Å². The molecule has 2 heterocycles. The van der Waals surface area contributed by atoms with Gasteiger partial charge in [0.1, 0.15) is 5.69 Å². The van der Waals surface area contributed by atoms with Gasteiger partial charge in [0.2, 0.25) is 5.91 Å². The van der Waals surface area contributed by atoms with Crippen LogP contribution < -0.4 is 5.32 Å². The number of H-pyrrole nitrogens is 1. The van der Waals surface area contributed by atoms with Crippen LogP contribution in [0.25, 0.3) is 6.08 Å². The van der Waals surface area contributed by atoms with Crippen molar-refractivity contribution in [3.63, 3.8) is 0 Å². The Labute approximate surface area is 133 Å². The van der Waals surface area contributed by atoms with E-state index in [0.717, 1.165) is 11.1 Å². The molecule has 0 bridgehead atoms. The molecule has 23 heavy (non-hydrogen) atoms. The summed E-state index contributed by atoms with van der Waals surface area (Å²) in [7, 11) is 1.32. The molecule has 0 saturated heterocycles. The van der Waals surface area contributed by atoms with E-state index in [-0.39, 0.29) is 23.9 Å². The average Bonchev–Trinajstić information content (AvgIpc) is 2.97. The van der Waals surface area contributed by atoms with E-state index in [2.05, 4.69) is 15.5 Å². The predicted molar refractivity (Wildman–Crippen MR) is 86.0 cm³/mol. The van der Waals surface area contributed by atoms with Gasteiger partial charge in [-0.1, -0.05) is 42.0 Å². The first-order chi connectivity index (χ1) is 11.1. The van der Waals surface area contributed by atoms with Crippen LogP contribution in [-0.4, -0.2) is 29.2 Å². The fraction of sp³-hybridized carbons (Fsp3) is 0.235. The maximum absolute atomic E-state index is 11.9. The number of carbonyl (C=O) groups excluding carboxylic acids is 2. The highest BCUT2D eigenvalue weighted by molar-refractivity contribution is 5.99. The van der Waals surface area contributed by atoms with Crippen LogP contribution in [0.4, 0.5) is 5.82 Å². The molecule has 0 radical (unpaired) electrons. The fourth-order valence-electron chi connectivity index (χ4n) is 2.81. The molecule has 1 aromatic carbocycles. The zero-order chi connectivity index (χ0) is 16.4. The summed E-state index contributed by atoms with van der Waals surface area (Å²) in [5.74, 6) is -0.432. The summed E-state index contributed by atoms with van der Waals surface area (Å²) in [4.78, 5) is 23.9. The van der Waals surface area contributed by atoms with E-state index in [1.54, 1.807) is 0 Å². The summed E-state index contributed by atoms with van der Waals surface area (Å²) in [6.45, 7) is 1.95. The van der Waals surface area contributed by atoms with Crippen LogP contribution >= 0.6 is 0 Å². The normalized spacial score (nSPS) is 17.4. The molecule has 0 unspecified atom stereocenters. The largest absolute Gasteiger partial charge is 0.464 e. The second-order valence-corrected chi connectivity index (χ2v) is 5.46. The van der Waals surface area contributed by atoms with Crippen molar-refractivity contribution in [3.05, 3.63) is 52.7 Å². The standard InChI is InChI=1S/C17H17N3O3/c1-10(8-11-6-4-3-5-7-11)12-9-13(21)18-16-14(12)15(19-20-16)17(22)23-2/h3-8,12H,9H2,1-2H3,(H2,18,19,20,21)/b10-8+/t12-/m1/s1. The molecule has 2 aromatic rings. The lowest BCUT2D eigenvalue weighted by atomic mass is 9.85. The van der Waals surface area contributed by atoms with Gasteiger partial charge in [-0.05, 0) is 12.5 Å². The van der Waals surface area contributed by atoms with Crippen molar-refractivity contribution in [1.29, 1.82) is 0 Å². The SMILES string of the molecule is COC(=O)c1[nH]nc2c1[C@@H](/C(C)=C/c1ccccc1)CC(=O)N2. The number of methoxy groups -OCH3 is 1. The number of ether oxygens (including phenoxy) is 1. The first-order valence-corrected chi connectivity index (χ1v) is 7.30. The molecular formula is C17H17N3O3. The lowest BCUT2D eigenvalue weighted by Crippen LogP contribution is -2.24. The van der Waals surface area contributed by atoms with Crippen molar-refractivity contribution in [2.24, 2.45) is 0 Å². The Kier molecular flexibility index (Phi) is 3.97. The van der Waals surface area contributed by atoms with Gasteiger partial charge in [-0.15, -0.1) is 0 Å². The molecular weight excluding hydrogens is 294 g/mol. The number of rotatable bonds is 3. The Morgan fingerprint density at radius 2 is 2.09 bits per heavy atom. The molecule has 118 valence electrons. The van der Waals surface area contributed by atoms with E-state index in [4.69, 9.17) is 4.74 Å². The maximum Gasteiger partial charge on any atom is 0.356 e. The molecule has 0 fully saturated rings. The van der Waals surface area contributed by atoms with E-state index in [1.165, 1.54) is 7.11 Å². The molecule has 1 atom stereocenters. The average molecular weight is 311 g/mol. The molecule has 0 saturated carbocycles. The van der Waals surface area contributed by atoms with E-state index in [1.807, 2.05) is 43.3 Å². The number of benzene rings is 1.